The largest absolute Gasteiger partial charge is 0.294 e. The summed E-state index contributed by atoms with van der Waals surface area (Å²) in [5, 5.41) is 5.44. The zero-order valence-corrected chi connectivity index (χ0v) is 12.3. The van der Waals surface area contributed by atoms with Gasteiger partial charge in [-0.3, -0.25) is 9.48 Å². The van der Waals surface area contributed by atoms with Gasteiger partial charge in [-0.05, 0) is 18.6 Å². The molecule has 0 unspecified atom stereocenters. The molecule has 0 fully saturated rings. The number of aryl methyl sites for hydroxylation is 2. The van der Waals surface area contributed by atoms with E-state index < -0.39 is 0 Å². The van der Waals surface area contributed by atoms with Crippen LogP contribution < -0.4 is 0 Å². The van der Waals surface area contributed by atoms with Gasteiger partial charge < -0.3 is 0 Å². The van der Waals surface area contributed by atoms with Gasteiger partial charge in [0.1, 0.15) is 0 Å². The first kappa shape index (κ1) is 14.1. The maximum absolute atomic E-state index is 12.2. The number of ketones is 1. The molecule has 0 aliphatic rings. The molecule has 5 heteroatoms. The van der Waals surface area contributed by atoms with Crippen molar-refractivity contribution >= 4 is 29.0 Å². The molecule has 0 atom stereocenters. The van der Waals surface area contributed by atoms with Gasteiger partial charge >= 0.3 is 0 Å². The molecule has 0 aliphatic carbocycles. The lowest BCUT2D eigenvalue weighted by molar-refractivity contribution is 0.0991. The van der Waals surface area contributed by atoms with Crippen LogP contribution in [0.2, 0.25) is 10.0 Å². The third-order valence-electron chi connectivity index (χ3n) is 2.98. The molecule has 0 N–H and O–H groups in total. The summed E-state index contributed by atoms with van der Waals surface area (Å²) >= 11 is 12.1. The summed E-state index contributed by atoms with van der Waals surface area (Å²) in [5.41, 5.74) is 2.14. The van der Waals surface area contributed by atoms with E-state index in [4.69, 9.17) is 23.2 Å². The van der Waals surface area contributed by atoms with E-state index in [1.807, 2.05) is 6.92 Å². The topological polar surface area (TPSA) is 34.9 Å². The monoisotopic (exact) mass is 296 g/mol. The lowest BCUT2D eigenvalue weighted by Crippen LogP contribution is -2.08. The summed E-state index contributed by atoms with van der Waals surface area (Å²) in [6.07, 6.45) is 0.973. The molecule has 0 saturated carbocycles. The van der Waals surface area contributed by atoms with Crippen molar-refractivity contribution in [1.82, 2.24) is 9.78 Å². The average Bonchev–Trinajstić information content (AvgIpc) is 2.66. The maximum atomic E-state index is 12.2. The number of hydrogen-bond acceptors (Lipinski definition) is 2. The summed E-state index contributed by atoms with van der Waals surface area (Å²) < 4.78 is 1.67. The molecule has 0 saturated heterocycles. The van der Waals surface area contributed by atoms with Crippen LogP contribution in [0.25, 0.3) is 0 Å². The molecule has 0 bridgehead atoms. The van der Waals surface area contributed by atoms with Gasteiger partial charge in [-0.15, -0.1) is 0 Å². The summed E-state index contributed by atoms with van der Waals surface area (Å²) in [7, 11) is 1.80. The SMILES string of the molecule is CCc1nn(C)c(CC(=O)c2cccc(Cl)c2)c1Cl. The van der Waals surface area contributed by atoms with E-state index in [2.05, 4.69) is 5.10 Å². The molecule has 1 aromatic heterocycles. The van der Waals surface area contributed by atoms with E-state index in [-0.39, 0.29) is 12.2 Å². The minimum atomic E-state index is -0.0185. The Kier molecular flexibility index (Phi) is 4.27. The van der Waals surface area contributed by atoms with Crippen LogP contribution in [0.3, 0.4) is 0 Å². The highest BCUT2D eigenvalue weighted by molar-refractivity contribution is 6.32. The fraction of sp³-hybridized carbons (Fsp3) is 0.286. The summed E-state index contributed by atoms with van der Waals surface area (Å²) in [6, 6.07) is 6.91. The lowest BCUT2D eigenvalue weighted by atomic mass is 10.1. The van der Waals surface area contributed by atoms with E-state index in [0.717, 1.165) is 17.8 Å². The van der Waals surface area contributed by atoms with E-state index in [1.165, 1.54) is 0 Å². The van der Waals surface area contributed by atoms with Crippen molar-refractivity contribution in [1.29, 1.82) is 0 Å². The van der Waals surface area contributed by atoms with Gasteiger partial charge in [0.05, 0.1) is 22.8 Å². The van der Waals surface area contributed by atoms with Crippen molar-refractivity contribution in [2.45, 2.75) is 19.8 Å². The minimum Gasteiger partial charge on any atom is -0.294 e. The van der Waals surface area contributed by atoms with Crippen molar-refractivity contribution in [2.75, 3.05) is 0 Å². The van der Waals surface area contributed by atoms with E-state index in [0.29, 0.717) is 15.6 Å². The average molecular weight is 297 g/mol. The molecular formula is C14H14Cl2N2O. The molecule has 2 rings (SSSR count). The van der Waals surface area contributed by atoms with Gasteiger partial charge in [0.25, 0.3) is 0 Å². The molecule has 100 valence electrons. The Balaban J connectivity index is 2.27. The molecule has 2 aromatic rings. The van der Waals surface area contributed by atoms with Crippen LogP contribution in [-0.2, 0) is 19.9 Å². The quantitative estimate of drug-likeness (QED) is 0.806. The third-order valence-corrected chi connectivity index (χ3v) is 3.65. The molecule has 0 amide bonds. The van der Waals surface area contributed by atoms with Crippen LogP contribution in [0.5, 0.6) is 0 Å². The first-order valence-corrected chi connectivity index (χ1v) is 6.77. The Morgan fingerprint density at radius 1 is 1.37 bits per heavy atom. The number of carbonyl (C=O) groups is 1. The standard InChI is InChI=1S/C14H14Cl2N2O/c1-3-11-14(16)12(18(2)17-11)8-13(19)9-5-4-6-10(15)7-9/h4-7H,3,8H2,1-2H3. The molecule has 0 spiro atoms. The molecule has 0 radical (unpaired) electrons. The second-order valence-electron chi connectivity index (χ2n) is 4.29. The van der Waals surface area contributed by atoms with E-state index >= 15 is 0 Å². The fourth-order valence-electron chi connectivity index (χ4n) is 1.93. The summed E-state index contributed by atoms with van der Waals surface area (Å²) in [6.45, 7) is 1.98. The van der Waals surface area contributed by atoms with Crippen LogP contribution >= 0.6 is 23.2 Å². The fourth-order valence-corrected chi connectivity index (χ4v) is 2.48. The molecule has 0 aliphatic heterocycles. The predicted molar refractivity (Wildman–Crippen MR) is 77.1 cm³/mol. The van der Waals surface area contributed by atoms with Gasteiger partial charge in [-0.1, -0.05) is 42.3 Å². The van der Waals surface area contributed by atoms with Crippen molar-refractivity contribution in [3.63, 3.8) is 0 Å². The number of benzene rings is 1. The smallest absolute Gasteiger partial charge is 0.168 e. The van der Waals surface area contributed by atoms with Gasteiger partial charge in [0.15, 0.2) is 5.78 Å². The van der Waals surface area contributed by atoms with Crippen molar-refractivity contribution < 1.29 is 4.79 Å². The van der Waals surface area contributed by atoms with Crippen molar-refractivity contribution in [2.24, 2.45) is 7.05 Å². The Bertz CT molecular complexity index is 620. The minimum absolute atomic E-state index is 0.0185. The highest BCUT2D eigenvalue weighted by Crippen LogP contribution is 2.22. The van der Waals surface area contributed by atoms with Crippen LogP contribution in [0.1, 0.15) is 28.7 Å². The third kappa shape index (κ3) is 2.99. The number of Topliss-reactive ketones (excluding diaryl/α,β-unsaturated/α-hetero) is 1. The number of carbonyl (C=O) groups excluding carboxylic acids is 1. The van der Waals surface area contributed by atoms with E-state index in [9.17, 15) is 4.79 Å². The Morgan fingerprint density at radius 3 is 2.68 bits per heavy atom. The van der Waals surface area contributed by atoms with Gasteiger partial charge in [0, 0.05) is 17.6 Å². The van der Waals surface area contributed by atoms with Gasteiger partial charge in [-0.25, -0.2) is 0 Å². The van der Waals surface area contributed by atoms with Crippen molar-refractivity contribution in [3.05, 3.63) is 51.3 Å². The molecule has 1 heterocycles. The van der Waals surface area contributed by atoms with Gasteiger partial charge in [0.2, 0.25) is 0 Å². The Morgan fingerprint density at radius 2 is 2.11 bits per heavy atom. The number of rotatable bonds is 4. The molecule has 19 heavy (non-hydrogen) atoms. The molecule has 1 aromatic carbocycles. The van der Waals surface area contributed by atoms with Gasteiger partial charge in [-0.2, -0.15) is 5.10 Å². The zero-order chi connectivity index (χ0) is 14.0. The van der Waals surface area contributed by atoms with E-state index in [1.54, 1.807) is 36.0 Å². The first-order valence-electron chi connectivity index (χ1n) is 6.02. The number of nitrogens with zero attached hydrogens (tertiary/aromatic N) is 2. The predicted octanol–water partition coefficient (Wildman–Crippen LogP) is 3.71. The summed E-state index contributed by atoms with van der Waals surface area (Å²) in [5.74, 6) is -0.0185. The second-order valence-corrected chi connectivity index (χ2v) is 5.11. The highest BCUT2D eigenvalue weighted by atomic mass is 35.5. The van der Waals surface area contributed by atoms with Crippen LogP contribution in [-0.4, -0.2) is 15.6 Å². The van der Waals surface area contributed by atoms with Crippen LogP contribution in [0.15, 0.2) is 24.3 Å². The second kappa shape index (κ2) is 5.76. The first-order chi connectivity index (χ1) is 9.02. The Labute approximate surface area is 122 Å². The van der Waals surface area contributed by atoms with Crippen LogP contribution in [0.4, 0.5) is 0 Å². The van der Waals surface area contributed by atoms with Crippen molar-refractivity contribution in [3.8, 4) is 0 Å². The highest BCUT2D eigenvalue weighted by Gasteiger charge is 2.17. The zero-order valence-electron chi connectivity index (χ0n) is 10.8. The molecule has 3 nitrogen and oxygen atoms in total. The summed E-state index contributed by atoms with van der Waals surface area (Å²) in [4.78, 5) is 12.2. The normalized spacial score (nSPS) is 10.7. The molecular weight excluding hydrogens is 283 g/mol. The number of aromatic nitrogens is 2. The number of hydrogen-bond donors (Lipinski definition) is 0. The Hall–Kier alpha value is -1.32. The maximum Gasteiger partial charge on any atom is 0.168 e. The number of halogens is 2. The van der Waals surface area contributed by atoms with Crippen LogP contribution in [0, 0.1) is 0 Å². The lowest BCUT2D eigenvalue weighted by Gasteiger charge is -2.03.